The largest absolute Gasteiger partial charge is 0.292 e. The Balaban J connectivity index is 1.66. The maximum atomic E-state index is 4.98. The Labute approximate surface area is 191 Å². The highest BCUT2D eigenvalue weighted by Crippen LogP contribution is 2.35. The van der Waals surface area contributed by atoms with Crippen LogP contribution in [-0.4, -0.2) is 24.5 Å². The number of fused-ring (bicyclic) bond motifs is 1. The molecule has 0 bridgehead atoms. The minimum Gasteiger partial charge on any atom is -0.292 e. The molecule has 4 aromatic carbocycles. The van der Waals surface area contributed by atoms with Crippen molar-refractivity contribution in [2.75, 3.05) is 0 Å². The minimum atomic E-state index is 0.620. The second-order valence-corrected chi connectivity index (χ2v) is 7.69. The lowest BCUT2D eigenvalue weighted by Gasteiger charge is -2.15. The summed E-state index contributed by atoms with van der Waals surface area (Å²) >= 11 is 0. The lowest BCUT2D eigenvalue weighted by Crippen LogP contribution is -2.02. The van der Waals surface area contributed by atoms with Crippen molar-refractivity contribution in [1.82, 2.24) is 24.5 Å². The lowest BCUT2D eigenvalue weighted by atomic mass is 10.0. The molecular formula is C28H19N5. The first kappa shape index (κ1) is 19.1. The van der Waals surface area contributed by atoms with Crippen LogP contribution in [-0.2, 0) is 0 Å². The van der Waals surface area contributed by atoms with Gasteiger partial charge in [0.2, 0.25) is 0 Å². The summed E-state index contributed by atoms with van der Waals surface area (Å²) in [6, 6.07) is 35.2. The molecule has 5 heteroatoms. The van der Waals surface area contributed by atoms with Gasteiger partial charge in [-0.2, -0.15) is 0 Å². The standard InChI is InChI=1S/C28H19N5/c1-3-9-20(10-4-1)22-15-16-25(23(17-22)27-30-18-29-19-31-27)33-26-14-8-7-13-24(26)32-28(33)21-11-5-2-6-12-21/h1-19H. The topological polar surface area (TPSA) is 56.5 Å². The number of imidazole rings is 1. The molecule has 6 aromatic rings. The Morgan fingerprint density at radius 3 is 2.00 bits per heavy atom. The molecular weight excluding hydrogens is 406 g/mol. The molecule has 5 nitrogen and oxygen atoms in total. The van der Waals surface area contributed by atoms with Crippen molar-refractivity contribution in [3.63, 3.8) is 0 Å². The van der Waals surface area contributed by atoms with Crippen LogP contribution in [0.2, 0.25) is 0 Å². The molecule has 33 heavy (non-hydrogen) atoms. The molecule has 156 valence electrons. The van der Waals surface area contributed by atoms with Gasteiger partial charge in [0.1, 0.15) is 18.5 Å². The van der Waals surface area contributed by atoms with Gasteiger partial charge in [0.15, 0.2) is 5.82 Å². The van der Waals surface area contributed by atoms with E-state index in [-0.39, 0.29) is 0 Å². The number of para-hydroxylation sites is 2. The monoisotopic (exact) mass is 425 g/mol. The van der Waals surface area contributed by atoms with Crippen LogP contribution < -0.4 is 0 Å². The Morgan fingerprint density at radius 2 is 1.24 bits per heavy atom. The van der Waals surface area contributed by atoms with E-state index >= 15 is 0 Å². The van der Waals surface area contributed by atoms with Crippen molar-refractivity contribution >= 4 is 11.0 Å². The maximum Gasteiger partial charge on any atom is 0.164 e. The van der Waals surface area contributed by atoms with E-state index in [1.54, 1.807) is 0 Å². The van der Waals surface area contributed by atoms with Gasteiger partial charge in [-0.25, -0.2) is 19.9 Å². The van der Waals surface area contributed by atoms with Crippen LogP contribution in [0, 0.1) is 0 Å². The summed E-state index contributed by atoms with van der Waals surface area (Å²) in [5, 5.41) is 0. The van der Waals surface area contributed by atoms with Crippen molar-refractivity contribution in [1.29, 1.82) is 0 Å². The van der Waals surface area contributed by atoms with E-state index in [2.05, 4.69) is 68.0 Å². The first-order chi connectivity index (χ1) is 16.4. The summed E-state index contributed by atoms with van der Waals surface area (Å²) < 4.78 is 2.19. The van der Waals surface area contributed by atoms with E-state index in [1.165, 1.54) is 12.7 Å². The summed E-state index contributed by atoms with van der Waals surface area (Å²) in [5.41, 5.74) is 7.12. The average molecular weight is 425 g/mol. The van der Waals surface area contributed by atoms with Gasteiger partial charge in [0.25, 0.3) is 0 Å². The smallest absolute Gasteiger partial charge is 0.164 e. The molecule has 0 unspecified atom stereocenters. The third-order valence-electron chi connectivity index (χ3n) is 5.67. The highest BCUT2D eigenvalue weighted by Gasteiger charge is 2.19. The van der Waals surface area contributed by atoms with Crippen molar-refractivity contribution in [3.05, 3.63) is 116 Å². The van der Waals surface area contributed by atoms with Crippen molar-refractivity contribution < 1.29 is 0 Å². The molecule has 2 heterocycles. The molecule has 0 atom stereocenters. The summed E-state index contributed by atoms with van der Waals surface area (Å²) in [6.45, 7) is 0. The van der Waals surface area contributed by atoms with Crippen molar-refractivity contribution in [2.24, 2.45) is 0 Å². The first-order valence-electron chi connectivity index (χ1n) is 10.7. The molecule has 0 saturated carbocycles. The number of nitrogens with zero attached hydrogens (tertiary/aromatic N) is 5. The van der Waals surface area contributed by atoms with E-state index in [0.717, 1.165) is 44.8 Å². The van der Waals surface area contributed by atoms with Crippen molar-refractivity contribution in [3.8, 4) is 39.6 Å². The number of hydrogen-bond donors (Lipinski definition) is 0. The summed E-state index contributed by atoms with van der Waals surface area (Å²) in [4.78, 5) is 18.0. The summed E-state index contributed by atoms with van der Waals surface area (Å²) in [7, 11) is 0. The third-order valence-corrected chi connectivity index (χ3v) is 5.67. The number of aromatic nitrogens is 5. The Hall–Kier alpha value is -4.64. The number of hydrogen-bond acceptors (Lipinski definition) is 4. The first-order valence-corrected chi connectivity index (χ1v) is 10.7. The van der Waals surface area contributed by atoms with E-state index < -0.39 is 0 Å². The molecule has 0 saturated heterocycles. The molecule has 0 N–H and O–H groups in total. The van der Waals surface area contributed by atoms with Gasteiger partial charge in [-0.3, -0.25) is 4.57 Å². The molecule has 0 amide bonds. The maximum absolute atomic E-state index is 4.98. The van der Waals surface area contributed by atoms with E-state index in [9.17, 15) is 0 Å². The third kappa shape index (κ3) is 3.46. The Bertz CT molecular complexity index is 1540. The zero-order valence-corrected chi connectivity index (χ0v) is 17.7. The van der Waals surface area contributed by atoms with Gasteiger partial charge in [-0.05, 0) is 35.4 Å². The van der Waals surface area contributed by atoms with Crippen LogP contribution in [0.4, 0.5) is 0 Å². The molecule has 6 rings (SSSR count). The van der Waals surface area contributed by atoms with Gasteiger partial charge >= 0.3 is 0 Å². The summed E-state index contributed by atoms with van der Waals surface area (Å²) in [6.07, 6.45) is 3.07. The molecule has 2 aromatic heterocycles. The van der Waals surface area contributed by atoms with E-state index in [1.807, 2.05) is 54.6 Å². The number of benzene rings is 4. The second kappa shape index (κ2) is 8.13. The fourth-order valence-corrected chi connectivity index (χ4v) is 4.15. The second-order valence-electron chi connectivity index (χ2n) is 7.69. The SMILES string of the molecule is c1ccc(-c2ccc(-n3c(-c4ccccc4)nc4ccccc43)c(-c3ncncn3)c2)cc1. The molecule has 0 aliphatic heterocycles. The quantitative estimate of drug-likeness (QED) is 0.337. The highest BCUT2D eigenvalue weighted by atomic mass is 15.1. The average Bonchev–Trinajstić information content (AvgIpc) is 3.29. The Morgan fingerprint density at radius 1 is 0.576 bits per heavy atom. The van der Waals surface area contributed by atoms with Crippen molar-refractivity contribution in [2.45, 2.75) is 0 Å². The predicted octanol–water partition coefficient (Wildman–Crippen LogP) is 6.21. The fourth-order valence-electron chi connectivity index (χ4n) is 4.15. The van der Waals surface area contributed by atoms with Gasteiger partial charge in [-0.15, -0.1) is 0 Å². The van der Waals surface area contributed by atoms with Gasteiger partial charge in [0.05, 0.1) is 16.7 Å². The van der Waals surface area contributed by atoms with Crippen LogP contribution in [0.25, 0.3) is 50.6 Å². The Kier molecular flexibility index (Phi) is 4.70. The van der Waals surface area contributed by atoms with E-state index in [0.29, 0.717) is 5.82 Å². The molecule has 0 radical (unpaired) electrons. The normalized spacial score (nSPS) is 11.0. The molecule has 0 aliphatic rings. The van der Waals surface area contributed by atoms with Gasteiger partial charge in [-0.1, -0.05) is 78.9 Å². The zero-order chi connectivity index (χ0) is 22.0. The molecule has 0 aliphatic carbocycles. The van der Waals surface area contributed by atoms with Gasteiger partial charge < -0.3 is 0 Å². The molecule has 0 spiro atoms. The van der Waals surface area contributed by atoms with Crippen LogP contribution >= 0.6 is 0 Å². The highest BCUT2D eigenvalue weighted by molar-refractivity contribution is 5.87. The number of rotatable bonds is 4. The van der Waals surface area contributed by atoms with Crippen LogP contribution in [0.15, 0.2) is 116 Å². The van der Waals surface area contributed by atoms with Crippen LogP contribution in [0.3, 0.4) is 0 Å². The molecule has 0 fully saturated rings. The van der Waals surface area contributed by atoms with Gasteiger partial charge in [0, 0.05) is 11.1 Å². The van der Waals surface area contributed by atoms with Crippen LogP contribution in [0.5, 0.6) is 0 Å². The van der Waals surface area contributed by atoms with E-state index in [4.69, 9.17) is 4.98 Å². The predicted molar refractivity (Wildman–Crippen MR) is 131 cm³/mol. The lowest BCUT2D eigenvalue weighted by molar-refractivity contribution is 1.04. The summed E-state index contributed by atoms with van der Waals surface area (Å²) in [5.74, 6) is 1.49. The zero-order valence-electron chi connectivity index (χ0n) is 17.7. The fraction of sp³-hybridized carbons (Fsp3) is 0. The minimum absolute atomic E-state index is 0.620. The van der Waals surface area contributed by atoms with Crippen LogP contribution in [0.1, 0.15) is 0 Å².